The molecule has 0 fully saturated rings. The number of hydrogen-bond donors (Lipinski definition) is 1. The van der Waals surface area contributed by atoms with Crippen LogP contribution < -0.4 is 10.1 Å². The molecular weight excluding hydrogens is 282 g/mol. The average molecular weight is 294 g/mol. The molecular formula is C13H12ClN3O3. The number of methoxy groups -OCH3 is 1. The molecule has 0 bridgehead atoms. The first-order valence-electron chi connectivity index (χ1n) is 5.74. The van der Waals surface area contributed by atoms with Gasteiger partial charge in [-0.15, -0.1) is 0 Å². The summed E-state index contributed by atoms with van der Waals surface area (Å²) in [6, 6.07) is 8.03. The van der Waals surface area contributed by atoms with Gasteiger partial charge in [0, 0.05) is 11.8 Å². The highest BCUT2D eigenvalue weighted by Crippen LogP contribution is 2.29. The van der Waals surface area contributed by atoms with Crippen LogP contribution in [-0.4, -0.2) is 17.0 Å². The minimum absolute atomic E-state index is 0.107. The zero-order valence-electron chi connectivity index (χ0n) is 10.9. The number of halogens is 1. The van der Waals surface area contributed by atoms with E-state index in [0.29, 0.717) is 11.4 Å². The summed E-state index contributed by atoms with van der Waals surface area (Å²) < 4.78 is 5.11. The van der Waals surface area contributed by atoms with Crippen LogP contribution in [0.5, 0.6) is 5.75 Å². The van der Waals surface area contributed by atoms with Crippen molar-refractivity contribution in [2.24, 2.45) is 0 Å². The lowest BCUT2D eigenvalue weighted by Crippen LogP contribution is -2.01. The van der Waals surface area contributed by atoms with Crippen molar-refractivity contribution >= 4 is 28.8 Å². The summed E-state index contributed by atoms with van der Waals surface area (Å²) in [6.07, 6.45) is 0. The second-order valence-electron chi connectivity index (χ2n) is 4.06. The Morgan fingerprint density at radius 1 is 1.35 bits per heavy atom. The first-order valence-corrected chi connectivity index (χ1v) is 6.11. The maximum absolute atomic E-state index is 11.0. The molecule has 2 rings (SSSR count). The van der Waals surface area contributed by atoms with Crippen molar-refractivity contribution in [3.8, 4) is 5.75 Å². The Bertz CT molecular complexity index is 661. The van der Waals surface area contributed by atoms with Gasteiger partial charge in [0.2, 0.25) is 5.82 Å². The number of aryl methyl sites for hydroxylation is 1. The molecule has 0 unspecified atom stereocenters. The maximum Gasteiger partial charge on any atom is 0.311 e. The van der Waals surface area contributed by atoms with Gasteiger partial charge in [0.25, 0.3) is 0 Å². The van der Waals surface area contributed by atoms with Crippen LogP contribution in [0.2, 0.25) is 5.15 Å². The zero-order valence-corrected chi connectivity index (χ0v) is 11.6. The third-order valence-electron chi connectivity index (χ3n) is 2.72. The minimum Gasteiger partial charge on any atom is -0.497 e. The fourth-order valence-corrected chi connectivity index (χ4v) is 1.85. The van der Waals surface area contributed by atoms with Crippen molar-refractivity contribution in [3.63, 3.8) is 0 Å². The van der Waals surface area contributed by atoms with Crippen LogP contribution in [0.1, 0.15) is 5.56 Å². The minimum atomic E-state index is -0.509. The zero-order chi connectivity index (χ0) is 14.7. The van der Waals surface area contributed by atoms with Crippen LogP contribution in [0.25, 0.3) is 0 Å². The van der Waals surface area contributed by atoms with Gasteiger partial charge in [0.05, 0.1) is 12.0 Å². The van der Waals surface area contributed by atoms with Crippen LogP contribution >= 0.6 is 11.6 Å². The van der Waals surface area contributed by atoms with Crippen LogP contribution in [0.15, 0.2) is 30.3 Å². The number of benzene rings is 1. The smallest absolute Gasteiger partial charge is 0.311 e. The summed E-state index contributed by atoms with van der Waals surface area (Å²) >= 11 is 5.78. The van der Waals surface area contributed by atoms with E-state index in [2.05, 4.69) is 10.3 Å². The maximum atomic E-state index is 11.0. The molecule has 104 valence electrons. The van der Waals surface area contributed by atoms with Gasteiger partial charge in [-0.2, -0.15) is 0 Å². The number of rotatable bonds is 4. The lowest BCUT2D eigenvalue weighted by molar-refractivity contribution is -0.384. The number of anilines is 2. The number of pyridine rings is 1. The van der Waals surface area contributed by atoms with E-state index >= 15 is 0 Å². The van der Waals surface area contributed by atoms with E-state index in [4.69, 9.17) is 16.3 Å². The Morgan fingerprint density at radius 2 is 2.10 bits per heavy atom. The van der Waals surface area contributed by atoms with E-state index < -0.39 is 4.92 Å². The van der Waals surface area contributed by atoms with Crippen LogP contribution in [-0.2, 0) is 0 Å². The Hall–Kier alpha value is -2.34. The topological polar surface area (TPSA) is 77.3 Å². The molecule has 7 heteroatoms. The summed E-state index contributed by atoms with van der Waals surface area (Å²) in [5, 5.41) is 14.1. The van der Waals surface area contributed by atoms with Crippen LogP contribution in [0.3, 0.4) is 0 Å². The summed E-state index contributed by atoms with van der Waals surface area (Å²) in [5.41, 5.74) is 1.44. The summed E-state index contributed by atoms with van der Waals surface area (Å²) in [4.78, 5) is 14.4. The molecule has 0 radical (unpaired) electrons. The molecule has 0 amide bonds. The Morgan fingerprint density at radius 3 is 2.70 bits per heavy atom. The average Bonchev–Trinajstić information content (AvgIpc) is 2.40. The van der Waals surface area contributed by atoms with Gasteiger partial charge >= 0.3 is 5.69 Å². The molecule has 1 aromatic carbocycles. The number of ether oxygens (including phenoxy) is 1. The van der Waals surface area contributed by atoms with E-state index in [-0.39, 0.29) is 16.7 Å². The van der Waals surface area contributed by atoms with E-state index in [0.717, 1.165) is 5.56 Å². The standard InChI is InChI=1S/C13H12ClN3O3/c1-8-7-9(20-2)3-4-10(8)15-13-11(17(18)19)5-6-12(14)16-13/h3-7H,1-2H3,(H,15,16). The lowest BCUT2D eigenvalue weighted by atomic mass is 10.2. The first-order chi connectivity index (χ1) is 9.51. The Kier molecular flexibility index (Phi) is 4.05. The van der Waals surface area contributed by atoms with Gasteiger partial charge in [-0.05, 0) is 36.8 Å². The summed E-state index contributed by atoms with van der Waals surface area (Å²) in [6.45, 7) is 1.86. The molecule has 1 aromatic heterocycles. The SMILES string of the molecule is COc1ccc(Nc2nc(Cl)ccc2[N+](=O)[O-])c(C)c1. The number of nitro groups is 1. The highest BCUT2D eigenvalue weighted by atomic mass is 35.5. The monoisotopic (exact) mass is 293 g/mol. The molecule has 0 aliphatic carbocycles. The van der Waals surface area contributed by atoms with Gasteiger partial charge in [-0.1, -0.05) is 11.6 Å². The van der Waals surface area contributed by atoms with E-state index in [1.807, 2.05) is 13.0 Å². The molecule has 6 nitrogen and oxygen atoms in total. The quantitative estimate of drug-likeness (QED) is 0.528. The molecule has 20 heavy (non-hydrogen) atoms. The van der Waals surface area contributed by atoms with Crippen molar-refractivity contribution in [3.05, 3.63) is 51.2 Å². The molecule has 2 aromatic rings. The summed E-state index contributed by atoms with van der Waals surface area (Å²) in [5.74, 6) is 0.817. The second kappa shape index (κ2) is 5.75. The Labute approximate surface area is 120 Å². The molecule has 1 heterocycles. The van der Waals surface area contributed by atoms with E-state index in [1.165, 1.54) is 12.1 Å². The second-order valence-corrected chi connectivity index (χ2v) is 4.45. The molecule has 0 spiro atoms. The highest BCUT2D eigenvalue weighted by molar-refractivity contribution is 6.29. The van der Waals surface area contributed by atoms with E-state index in [1.54, 1.807) is 19.2 Å². The number of nitrogens with zero attached hydrogens (tertiary/aromatic N) is 2. The molecule has 0 saturated carbocycles. The lowest BCUT2D eigenvalue weighted by Gasteiger charge is -2.10. The fourth-order valence-electron chi connectivity index (χ4n) is 1.70. The molecule has 1 N–H and O–H groups in total. The number of aromatic nitrogens is 1. The fraction of sp³-hybridized carbons (Fsp3) is 0.154. The van der Waals surface area contributed by atoms with Gasteiger partial charge in [-0.3, -0.25) is 10.1 Å². The molecule has 0 atom stereocenters. The predicted molar refractivity (Wildman–Crippen MR) is 76.9 cm³/mol. The third-order valence-corrected chi connectivity index (χ3v) is 2.93. The largest absolute Gasteiger partial charge is 0.497 e. The highest BCUT2D eigenvalue weighted by Gasteiger charge is 2.16. The van der Waals surface area contributed by atoms with Crippen LogP contribution in [0.4, 0.5) is 17.2 Å². The van der Waals surface area contributed by atoms with E-state index in [9.17, 15) is 10.1 Å². The molecule has 0 aliphatic heterocycles. The van der Waals surface area contributed by atoms with Crippen molar-refractivity contribution in [2.45, 2.75) is 6.92 Å². The normalized spacial score (nSPS) is 10.2. The Balaban J connectivity index is 2.39. The third kappa shape index (κ3) is 2.97. The van der Waals surface area contributed by atoms with Gasteiger partial charge < -0.3 is 10.1 Å². The van der Waals surface area contributed by atoms with Crippen molar-refractivity contribution in [1.29, 1.82) is 0 Å². The van der Waals surface area contributed by atoms with Crippen LogP contribution in [0, 0.1) is 17.0 Å². The van der Waals surface area contributed by atoms with Gasteiger partial charge in [0.15, 0.2) is 0 Å². The van der Waals surface area contributed by atoms with Crippen molar-refractivity contribution in [1.82, 2.24) is 4.98 Å². The first kappa shape index (κ1) is 14.1. The summed E-state index contributed by atoms with van der Waals surface area (Å²) in [7, 11) is 1.57. The predicted octanol–water partition coefficient (Wildman–Crippen LogP) is 3.70. The molecule has 0 saturated heterocycles. The number of hydrogen-bond acceptors (Lipinski definition) is 5. The molecule has 0 aliphatic rings. The number of nitrogens with one attached hydrogen (secondary N) is 1. The van der Waals surface area contributed by atoms with Crippen molar-refractivity contribution < 1.29 is 9.66 Å². The van der Waals surface area contributed by atoms with Gasteiger partial charge in [-0.25, -0.2) is 4.98 Å². The van der Waals surface area contributed by atoms with Gasteiger partial charge in [0.1, 0.15) is 10.9 Å². The van der Waals surface area contributed by atoms with Crippen molar-refractivity contribution in [2.75, 3.05) is 12.4 Å².